The monoisotopic (exact) mass is 524 g/mol. The number of ether oxygens (including phenoxy) is 1. The number of aliphatic imine (C=N–C) groups is 1. The topological polar surface area (TPSA) is 91.2 Å². The van der Waals surface area contributed by atoms with Gasteiger partial charge in [-0.3, -0.25) is 0 Å². The molecule has 3 N–H and O–H groups in total. The lowest BCUT2D eigenvalue weighted by molar-refractivity contribution is -0.0610. The number of halogens is 3. The summed E-state index contributed by atoms with van der Waals surface area (Å²) < 4.78 is 45.9. The van der Waals surface area contributed by atoms with Gasteiger partial charge in [-0.15, -0.1) is 11.3 Å². The first-order chi connectivity index (χ1) is 17.7. The summed E-state index contributed by atoms with van der Waals surface area (Å²) in [7, 11) is 0. The lowest BCUT2D eigenvalue weighted by atomic mass is 10.1. The number of hydrogen-bond donors (Lipinski definition) is 3. The number of phenolic OH excluding ortho intramolecular Hbond substituents is 2. The van der Waals surface area contributed by atoms with Crippen molar-refractivity contribution in [3.63, 3.8) is 0 Å². The van der Waals surface area contributed by atoms with E-state index < -0.39 is 30.4 Å². The zero-order valence-corrected chi connectivity index (χ0v) is 19.8. The maximum Gasteiger partial charge on any atom is 0.429 e. The number of phenols is 2. The van der Waals surface area contributed by atoms with E-state index in [1.807, 2.05) is 0 Å². The number of carbonyl (C=O) groups is 1. The van der Waals surface area contributed by atoms with Crippen LogP contribution < -0.4 is 10.1 Å². The van der Waals surface area contributed by atoms with Crippen molar-refractivity contribution in [2.45, 2.75) is 18.6 Å². The van der Waals surface area contributed by atoms with E-state index in [4.69, 9.17) is 4.74 Å². The van der Waals surface area contributed by atoms with Gasteiger partial charge in [0.1, 0.15) is 23.0 Å². The van der Waals surface area contributed by atoms with Gasteiger partial charge in [0.05, 0.1) is 10.9 Å². The fourth-order valence-electron chi connectivity index (χ4n) is 3.87. The number of benzene rings is 3. The van der Waals surface area contributed by atoms with Crippen LogP contribution in [0.2, 0.25) is 0 Å². The molecule has 0 saturated heterocycles. The summed E-state index contributed by atoms with van der Waals surface area (Å²) in [6, 6.07) is 16.8. The third-order valence-electron chi connectivity index (χ3n) is 5.66. The van der Waals surface area contributed by atoms with Crippen LogP contribution in [-0.2, 0) is 0 Å². The number of urea groups is 1. The second-order valence-electron chi connectivity index (χ2n) is 8.33. The molecule has 10 heteroatoms. The third kappa shape index (κ3) is 5.44. The number of fused-ring (bicyclic) bond motifs is 1. The third-order valence-corrected chi connectivity index (χ3v) is 6.85. The van der Waals surface area contributed by atoms with Gasteiger partial charge in [-0.25, -0.2) is 4.79 Å². The molecule has 0 bridgehead atoms. The number of carbonyl (C=O) groups excluding carboxylic acids is 1. The van der Waals surface area contributed by atoms with E-state index in [0.29, 0.717) is 17.1 Å². The van der Waals surface area contributed by atoms with Crippen molar-refractivity contribution in [2.24, 2.45) is 4.99 Å². The summed E-state index contributed by atoms with van der Waals surface area (Å²) in [4.78, 5) is 15.4. The summed E-state index contributed by atoms with van der Waals surface area (Å²) in [5, 5.41) is 22.8. The van der Waals surface area contributed by atoms with Gasteiger partial charge in [0.15, 0.2) is 5.75 Å². The average molecular weight is 525 g/mol. The van der Waals surface area contributed by atoms with Gasteiger partial charge in [-0.1, -0.05) is 24.3 Å². The molecule has 1 aliphatic heterocycles. The van der Waals surface area contributed by atoms with Crippen LogP contribution in [0, 0.1) is 0 Å². The number of aromatic hydroxyl groups is 2. The minimum Gasteiger partial charge on any atom is -0.508 e. The van der Waals surface area contributed by atoms with Crippen molar-refractivity contribution in [1.29, 1.82) is 0 Å². The van der Waals surface area contributed by atoms with Crippen molar-refractivity contribution in [2.75, 3.05) is 0 Å². The van der Waals surface area contributed by atoms with Crippen LogP contribution in [0.25, 0.3) is 26.6 Å². The Morgan fingerprint density at radius 1 is 1.00 bits per heavy atom. The molecule has 0 fully saturated rings. The first-order valence-electron chi connectivity index (χ1n) is 11.1. The summed E-state index contributed by atoms with van der Waals surface area (Å²) in [5.74, 6) is 1.40. The van der Waals surface area contributed by atoms with Crippen LogP contribution in [0.15, 0.2) is 77.8 Å². The fourth-order valence-corrected chi connectivity index (χ4v) is 5.04. The Morgan fingerprint density at radius 2 is 1.70 bits per heavy atom. The second-order valence-corrected chi connectivity index (χ2v) is 9.39. The number of nitrogens with zero attached hydrogens (tertiary/aromatic N) is 1. The van der Waals surface area contributed by atoms with Crippen LogP contribution in [0.3, 0.4) is 0 Å². The lowest BCUT2D eigenvalue weighted by Crippen LogP contribution is -2.42. The quantitative estimate of drug-likeness (QED) is 0.256. The Labute approximate surface area is 213 Å². The van der Waals surface area contributed by atoms with Gasteiger partial charge < -0.3 is 20.3 Å². The summed E-state index contributed by atoms with van der Waals surface area (Å²) in [5.41, 5.74) is 0.441. The SMILES string of the molecule is O=C1N=C(C(F)(F)F)CC(C=Cc2ccc(Oc3c(-c4ccc(O)cc4)sc4cc(O)ccc34)cc2)N1. The van der Waals surface area contributed by atoms with Crippen LogP contribution in [0.5, 0.6) is 23.0 Å². The molecule has 5 rings (SSSR count). The first-order valence-corrected chi connectivity index (χ1v) is 11.9. The molecular weight excluding hydrogens is 505 g/mol. The van der Waals surface area contributed by atoms with Crippen LogP contribution >= 0.6 is 11.3 Å². The molecule has 1 atom stereocenters. The van der Waals surface area contributed by atoms with Crippen LogP contribution in [-0.4, -0.2) is 34.2 Å². The molecular formula is C27H19F3N2O4S. The highest BCUT2D eigenvalue weighted by atomic mass is 32.1. The van der Waals surface area contributed by atoms with E-state index >= 15 is 0 Å². The number of alkyl halides is 3. The van der Waals surface area contributed by atoms with E-state index in [-0.39, 0.29) is 11.5 Å². The molecule has 0 radical (unpaired) electrons. The predicted molar refractivity (Wildman–Crippen MR) is 137 cm³/mol. The van der Waals surface area contributed by atoms with E-state index in [1.165, 1.54) is 17.4 Å². The molecule has 6 nitrogen and oxygen atoms in total. The highest BCUT2D eigenvalue weighted by Crippen LogP contribution is 2.47. The van der Waals surface area contributed by atoms with Crippen molar-refractivity contribution < 1.29 is 32.9 Å². The van der Waals surface area contributed by atoms with Gasteiger partial charge in [-0.05, 0) is 65.7 Å². The van der Waals surface area contributed by atoms with Crippen LogP contribution in [0.4, 0.5) is 18.0 Å². The summed E-state index contributed by atoms with van der Waals surface area (Å²) in [6.45, 7) is 0. The molecule has 4 aromatic rings. The first kappa shape index (κ1) is 24.4. The Bertz CT molecular complexity index is 1520. The summed E-state index contributed by atoms with van der Waals surface area (Å²) in [6.07, 6.45) is -1.96. The van der Waals surface area contributed by atoms with Crippen LogP contribution in [0.1, 0.15) is 12.0 Å². The summed E-state index contributed by atoms with van der Waals surface area (Å²) >= 11 is 1.44. The maximum absolute atomic E-state index is 13.0. The predicted octanol–water partition coefficient (Wildman–Crippen LogP) is 7.27. The van der Waals surface area contributed by atoms with E-state index in [9.17, 15) is 28.2 Å². The minimum atomic E-state index is -4.65. The molecule has 2 amide bonds. The average Bonchev–Trinajstić information content (AvgIpc) is 3.20. The highest BCUT2D eigenvalue weighted by Gasteiger charge is 2.39. The lowest BCUT2D eigenvalue weighted by Gasteiger charge is -2.21. The molecule has 0 saturated carbocycles. The zero-order chi connectivity index (χ0) is 26.2. The molecule has 0 aliphatic carbocycles. The molecule has 1 aromatic heterocycles. The van der Waals surface area contributed by atoms with E-state index in [2.05, 4.69) is 10.3 Å². The smallest absolute Gasteiger partial charge is 0.429 e. The van der Waals surface area contributed by atoms with Crippen molar-refractivity contribution in [3.05, 3.63) is 78.4 Å². The minimum absolute atomic E-state index is 0.136. The second kappa shape index (κ2) is 9.62. The normalized spacial score (nSPS) is 16.1. The van der Waals surface area contributed by atoms with Crippen molar-refractivity contribution >= 4 is 39.2 Å². The molecule has 0 spiro atoms. The van der Waals surface area contributed by atoms with Gasteiger partial charge in [-0.2, -0.15) is 18.2 Å². The Hall–Kier alpha value is -4.31. The number of rotatable bonds is 5. The van der Waals surface area contributed by atoms with Crippen molar-refractivity contribution in [3.8, 4) is 33.4 Å². The molecule has 1 aliphatic rings. The maximum atomic E-state index is 13.0. The van der Waals surface area contributed by atoms with Crippen molar-refractivity contribution in [1.82, 2.24) is 5.32 Å². The Kier molecular flexibility index (Phi) is 6.34. The number of thiophene rings is 1. The number of nitrogens with one attached hydrogen (secondary N) is 1. The standard InChI is InChI=1S/C27H19F3N2O4S/c28-27(29,30)23-13-17(31-26(35)32-23)6-1-15-2-10-20(11-3-15)36-24-21-12-9-19(34)14-22(21)37-25(24)16-4-7-18(33)8-5-16/h1-12,14,17,33-34H,13H2,(H,31,35). The fraction of sp³-hybridized carbons (Fsp3) is 0.111. The number of amides is 2. The van der Waals surface area contributed by atoms with Gasteiger partial charge in [0.25, 0.3) is 0 Å². The zero-order valence-electron chi connectivity index (χ0n) is 19.0. The van der Waals surface area contributed by atoms with E-state index in [0.717, 1.165) is 20.5 Å². The molecule has 37 heavy (non-hydrogen) atoms. The van der Waals surface area contributed by atoms with Gasteiger partial charge in [0.2, 0.25) is 0 Å². The van der Waals surface area contributed by atoms with E-state index in [1.54, 1.807) is 72.8 Å². The van der Waals surface area contributed by atoms with Gasteiger partial charge >= 0.3 is 12.2 Å². The number of hydrogen-bond acceptors (Lipinski definition) is 5. The Balaban J connectivity index is 1.38. The molecule has 3 aromatic carbocycles. The Morgan fingerprint density at radius 3 is 2.41 bits per heavy atom. The van der Waals surface area contributed by atoms with Gasteiger partial charge in [0, 0.05) is 16.5 Å². The highest BCUT2D eigenvalue weighted by molar-refractivity contribution is 7.22. The molecule has 1 unspecified atom stereocenters. The largest absolute Gasteiger partial charge is 0.508 e. The molecule has 188 valence electrons. The molecule has 2 heterocycles.